The molecule has 0 saturated heterocycles. The van der Waals surface area contributed by atoms with Crippen LogP contribution < -0.4 is 0 Å². The minimum atomic E-state index is 0.976. The van der Waals surface area contributed by atoms with Gasteiger partial charge in [0.2, 0.25) is 0 Å². The Morgan fingerprint density at radius 2 is 1.76 bits per heavy atom. The van der Waals surface area contributed by atoms with Crippen LogP contribution in [0, 0.1) is 0 Å². The van der Waals surface area contributed by atoms with Crippen LogP contribution in [0.2, 0.25) is 0 Å². The molecule has 1 rings (SSSR count). The van der Waals surface area contributed by atoms with Gasteiger partial charge in [-0.25, -0.2) is 0 Å². The summed E-state index contributed by atoms with van der Waals surface area (Å²) in [6.45, 7) is 13.6. The first-order chi connectivity index (χ1) is 8.20. The maximum Gasteiger partial charge on any atom is -0.0155 e. The first-order valence-corrected chi connectivity index (χ1v) is 5.57. The van der Waals surface area contributed by atoms with Crippen LogP contribution in [-0.4, -0.2) is 0 Å². The van der Waals surface area contributed by atoms with Crippen LogP contribution in [0.15, 0.2) is 85.5 Å². The molecule has 0 unspecified atom stereocenters. The summed E-state index contributed by atoms with van der Waals surface area (Å²) in [7, 11) is 0. The highest BCUT2D eigenvalue weighted by atomic mass is 14.1. The molecule has 1 aromatic rings. The van der Waals surface area contributed by atoms with Crippen molar-refractivity contribution in [1.82, 2.24) is 0 Å². The summed E-state index contributed by atoms with van der Waals surface area (Å²) in [6, 6.07) is 10.2. The quantitative estimate of drug-likeness (QED) is 0.619. The van der Waals surface area contributed by atoms with Crippen molar-refractivity contribution in [3.63, 3.8) is 0 Å². The van der Waals surface area contributed by atoms with E-state index in [4.69, 9.17) is 0 Å². The predicted molar refractivity (Wildman–Crippen MR) is 77.7 cm³/mol. The van der Waals surface area contributed by atoms with E-state index in [-0.39, 0.29) is 0 Å². The number of hydrogen-bond acceptors (Lipinski definition) is 0. The molecule has 0 saturated carbocycles. The SMILES string of the molecule is C=C/C=C\C(=C)/C(C)=C(/C=C)c1ccccc1. The molecule has 0 aliphatic carbocycles. The molecular weight excluding hydrogens is 204 g/mol. The standard InChI is InChI=1S/C17H18/c1-5-7-11-14(3)15(4)17(6-2)16-12-9-8-10-13-16/h5-13H,1-3H2,4H3/b11-7-,17-15-. The fraction of sp³-hybridized carbons (Fsp3) is 0.0588. The van der Waals surface area contributed by atoms with Crippen LogP contribution in [0.5, 0.6) is 0 Å². The molecule has 0 fully saturated rings. The maximum absolute atomic E-state index is 4.05. The van der Waals surface area contributed by atoms with Crippen molar-refractivity contribution in [3.05, 3.63) is 91.1 Å². The minimum Gasteiger partial charge on any atom is -0.0991 e. The Labute approximate surface area is 104 Å². The molecule has 0 heterocycles. The second-order valence-electron chi connectivity index (χ2n) is 3.73. The number of rotatable bonds is 5. The molecular formula is C17H18. The summed E-state index contributed by atoms with van der Waals surface area (Å²) >= 11 is 0. The summed E-state index contributed by atoms with van der Waals surface area (Å²) in [6.07, 6.45) is 7.46. The van der Waals surface area contributed by atoms with Gasteiger partial charge in [-0.15, -0.1) is 0 Å². The van der Waals surface area contributed by atoms with Gasteiger partial charge in [-0.1, -0.05) is 74.4 Å². The van der Waals surface area contributed by atoms with Crippen LogP contribution in [0.4, 0.5) is 0 Å². The molecule has 86 valence electrons. The van der Waals surface area contributed by atoms with E-state index in [9.17, 15) is 0 Å². The number of allylic oxidation sites excluding steroid dienone is 7. The average Bonchev–Trinajstić information content (AvgIpc) is 2.38. The van der Waals surface area contributed by atoms with Gasteiger partial charge in [0, 0.05) is 0 Å². The van der Waals surface area contributed by atoms with Gasteiger partial charge in [0.25, 0.3) is 0 Å². The van der Waals surface area contributed by atoms with Crippen molar-refractivity contribution < 1.29 is 0 Å². The topological polar surface area (TPSA) is 0 Å². The van der Waals surface area contributed by atoms with E-state index in [1.54, 1.807) is 6.08 Å². The second kappa shape index (κ2) is 6.49. The Morgan fingerprint density at radius 1 is 1.12 bits per heavy atom. The van der Waals surface area contributed by atoms with Gasteiger partial charge in [0.15, 0.2) is 0 Å². The highest BCUT2D eigenvalue weighted by Gasteiger charge is 2.03. The van der Waals surface area contributed by atoms with E-state index >= 15 is 0 Å². The second-order valence-corrected chi connectivity index (χ2v) is 3.73. The highest BCUT2D eigenvalue weighted by Crippen LogP contribution is 2.24. The Morgan fingerprint density at radius 3 is 2.29 bits per heavy atom. The van der Waals surface area contributed by atoms with Gasteiger partial charge < -0.3 is 0 Å². The molecule has 0 atom stereocenters. The van der Waals surface area contributed by atoms with Crippen LogP contribution in [0.25, 0.3) is 5.57 Å². The van der Waals surface area contributed by atoms with E-state index in [1.165, 1.54) is 0 Å². The molecule has 0 N–H and O–H groups in total. The van der Waals surface area contributed by atoms with Gasteiger partial charge in [0.1, 0.15) is 0 Å². The van der Waals surface area contributed by atoms with Gasteiger partial charge in [-0.05, 0) is 29.2 Å². The van der Waals surface area contributed by atoms with Crippen LogP contribution in [0.3, 0.4) is 0 Å². The van der Waals surface area contributed by atoms with Gasteiger partial charge >= 0.3 is 0 Å². The summed E-state index contributed by atoms with van der Waals surface area (Å²) in [5.41, 5.74) is 4.38. The molecule has 17 heavy (non-hydrogen) atoms. The van der Waals surface area contributed by atoms with E-state index in [2.05, 4.69) is 38.8 Å². The van der Waals surface area contributed by atoms with Crippen LogP contribution >= 0.6 is 0 Å². The lowest BCUT2D eigenvalue weighted by Gasteiger charge is -2.09. The molecule has 0 heteroatoms. The Balaban J connectivity index is 3.16. The molecule has 0 amide bonds. The monoisotopic (exact) mass is 222 g/mol. The third-order valence-electron chi connectivity index (χ3n) is 2.61. The van der Waals surface area contributed by atoms with Crippen LogP contribution in [-0.2, 0) is 0 Å². The van der Waals surface area contributed by atoms with E-state index in [1.807, 2.05) is 36.4 Å². The third kappa shape index (κ3) is 3.46. The molecule has 0 bridgehead atoms. The van der Waals surface area contributed by atoms with Crippen molar-refractivity contribution in [2.75, 3.05) is 0 Å². The van der Waals surface area contributed by atoms with Crippen molar-refractivity contribution >= 4 is 5.57 Å². The first kappa shape index (κ1) is 13.0. The zero-order valence-corrected chi connectivity index (χ0v) is 10.3. The molecule has 0 radical (unpaired) electrons. The molecule has 0 nitrogen and oxygen atoms in total. The summed E-state index contributed by atoms with van der Waals surface area (Å²) in [4.78, 5) is 0. The Bertz CT molecular complexity index is 470. The molecule has 0 aliphatic heterocycles. The van der Waals surface area contributed by atoms with Crippen molar-refractivity contribution in [2.24, 2.45) is 0 Å². The van der Waals surface area contributed by atoms with Crippen molar-refractivity contribution in [1.29, 1.82) is 0 Å². The Hall–Kier alpha value is -2.08. The van der Waals surface area contributed by atoms with Gasteiger partial charge in [-0.3, -0.25) is 0 Å². The maximum atomic E-state index is 4.05. The van der Waals surface area contributed by atoms with Crippen LogP contribution in [0.1, 0.15) is 12.5 Å². The zero-order valence-electron chi connectivity index (χ0n) is 10.3. The fourth-order valence-electron chi connectivity index (χ4n) is 1.59. The zero-order chi connectivity index (χ0) is 12.7. The van der Waals surface area contributed by atoms with Gasteiger partial charge in [-0.2, -0.15) is 0 Å². The smallest absolute Gasteiger partial charge is 0.0155 e. The summed E-state index contributed by atoms with van der Waals surface area (Å²) in [5.74, 6) is 0. The van der Waals surface area contributed by atoms with Gasteiger partial charge in [0.05, 0.1) is 0 Å². The van der Waals surface area contributed by atoms with E-state index in [0.29, 0.717) is 0 Å². The van der Waals surface area contributed by atoms with Crippen molar-refractivity contribution in [2.45, 2.75) is 6.92 Å². The third-order valence-corrected chi connectivity index (χ3v) is 2.61. The van der Waals surface area contributed by atoms with E-state index in [0.717, 1.165) is 22.3 Å². The summed E-state index contributed by atoms with van der Waals surface area (Å²) in [5, 5.41) is 0. The molecule has 1 aromatic carbocycles. The average molecular weight is 222 g/mol. The normalized spacial score (nSPS) is 12.1. The molecule has 0 spiro atoms. The molecule has 0 aromatic heterocycles. The molecule has 0 aliphatic rings. The Kier molecular flexibility index (Phi) is 4.96. The first-order valence-electron chi connectivity index (χ1n) is 5.57. The van der Waals surface area contributed by atoms with E-state index < -0.39 is 0 Å². The lowest BCUT2D eigenvalue weighted by Crippen LogP contribution is -1.88. The number of benzene rings is 1. The highest BCUT2D eigenvalue weighted by molar-refractivity contribution is 5.79. The predicted octanol–water partition coefficient (Wildman–Crippen LogP) is 4.94. The summed E-state index contributed by atoms with van der Waals surface area (Å²) < 4.78 is 0. The lowest BCUT2D eigenvalue weighted by molar-refractivity contribution is 1.44. The largest absolute Gasteiger partial charge is 0.0991 e. The number of hydrogen-bond donors (Lipinski definition) is 0. The lowest BCUT2D eigenvalue weighted by atomic mass is 9.96. The fourth-order valence-corrected chi connectivity index (χ4v) is 1.59. The van der Waals surface area contributed by atoms with Crippen molar-refractivity contribution in [3.8, 4) is 0 Å². The minimum absolute atomic E-state index is 0.976.